The highest BCUT2D eigenvalue weighted by atomic mass is 16.5. The number of nitrogens with zero attached hydrogens (tertiary/aromatic N) is 1. The van der Waals surface area contributed by atoms with Gasteiger partial charge < -0.3 is 10.1 Å². The van der Waals surface area contributed by atoms with Crippen LogP contribution in [0.1, 0.15) is 22.3 Å². The molecule has 0 aliphatic heterocycles. The molecule has 0 fully saturated rings. The molecule has 0 heterocycles. The zero-order valence-corrected chi connectivity index (χ0v) is 12.5. The molecule has 2 rings (SSSR count). The summed E-state index contributed by atoms with van der Waals surface area (Å²) in [5.41, 5.74) is 4.37. The van der Waals surface area contributed by atoms with Gasteiger partial charge in [-0.25, -0.2) is 0 Å². The van der Waals surface area contributed by atoms with Crippen LogP contribution in [-0.2, 0) is 13.0 Å². The summed E-state index contributed by atoms with van der Waals surface area (Å²) in [6.45, 7) is 3.77. The van der Waals surface area contributed by atoms with Crippen molar-refractivity contribution in [2.75, 3.05) is 13.7 Å². The Hall–Kier alpha value is -2.31. The molecule has 0 aliphatic carbocycles. The van der Waals surface area contributed by atoms with Gasteiger partial charge in [0, 0.05) is 6.54 Å². The third-order valence-electron chi connectivity index (χ3n) is 3.51. The minimum Gasteiger partial charge on any atom is -0.497 e. The largest absolute Gasteiger partial charge is 0.497 e. The molecule has 2 aromatic carbocycles. The van der Waals surface area contributed by atoms with Crippen LogP contribution in [-0.4, -0.2) is 13.7 Å². The fourth-order valence-corrected chi connectivity index (χ4v) is 2.25. The summed E-state index contributed by atoms with van der Waals surface area (Å²) >= 11 is 0. The van der Waals surface area contributed by atoms with E-state index < -0.39 is 0 Å². The molecule has 0 aliphatic rings. The second kappa shape index (κ2) is 7.47. The number of benzene rings is 2. The lowest BCUT2D eigenvalue weighted by Crippen LogP contribution is -2.17. The first-order valence-electron chi connectivity index (χ1n) is 7.06. The van der Waals surface area contributed by atoms with E-state index in [-0.39, 0.29) is 0 Å². The highest BCUT2D eigenvalue weighted by molar-refractivity contribution is 5.37. The fraction of sp³-hybridized carbons (Fsp3) is 0.278. The van der Waals surface area contributed by atoms with E-state index in [1.165, 1.54) is 11.1 Å². The van der Waals surface area contributed by atoms with Crippen LogP contribution in [0.4, 0.5) is 0 Å². The lowest BCUT2D eigenvalue weighted by molar-refractivity contribution is 0.414. The van der Waals surface area contributed by atoms with Gasteiger partial charge in [-0.2, -0.15) is 5.26 Å². The maximum atomic E-state index is 8.86. The maximum Gasteiger partial charge on any atom is 0.119 e. The predicted molar refractivity (Wildman–Crippen MR) is 84.3 cm³/mol. The topological polar surface area (TPSA) is 45.0 Å². The lowest BCUT2D eigenvalue weighted by Gasteiger charge is -2.09. The highest BCUT2D eigenvalue weighted by Gasteiger charge is 2.00. The molecule has 0 saturated carbocycles. The third-order valence-corrected chi connectivity index (χ3v) is 3.51. The van der Waals surface area contributed by atoms with E-state index in [4.69, 9.17) is 10.00 Å². The van der Waals surface area contributed by atoms with Crippen LogP contribution in [0.3, 0.4) is 0 Å². The predicted octanol–water partition coefficient (Wildman–Crippen LogP) is 3.21. The van der Waals surface area contributed by atoms with Gasteiger partial charge in [0.2, 0.25) is 0 Å². The Morgan fingerprint density at radius 2 is 2.05 bits per heavy atom. The molecule has 0 unspecified atom stereocenters. The van der Waals surface area contributed by atoms with E-state index in [1.807, 2.05) is 37.3 Å². The molecule has 0 saturated heterocycles. The van der Waals surface area contributed by atoms with Crippen molar-refractivity contribution in [3.8, 4) is 11.8 Å². The standard InChI is InChI=1S/C18H20N2O/c1-14-10-16(12-19)6-7-17(14)13-20-9-8-15-4-3-5-18(11-15)21-2/h3-7,10-11,20H,8-9,13H2,1-2H3. The molecule has 3 heteroatoms. The summed E-state index contributed by atoms with van der Waals surface area (Å²) < 4.78 is 5.22. The smallest absolute Gasteiger partial charge is 0.119 e. The Morgan fingerprint density at radius 1 is 1.19 bits per heavy atom. The summed E-state index contributed by atoms with van der Waals surface area (Å²) in [7, 11) is 1.69. The van der Waals surface area contributed by atoms with Gasteiger partial charge in [-0.1, -0.05) is 18.2 Å². The Kier molecular flexibility index (Phi) is 5.36. The monoisotopic (exact) mass is 280 g/mol. The number of nitrogens with one attached hydrogen (secondary N) is 1. The highest BCUT2D eigenvalue weighted by Crippen LogP contribution is 2.13. The van der Waals surface area contributed by atoms with Crippen molar-refractivity contribution < 1.29 is 4.74 Å². The van der Waals surface area contributed by atoms with Gasteiger partial charge in [0.15, 0.2) is 0 Å². The molecule has 0 amide bonds. The van der Waals surface area contributed by atoms with Crippen LogP contribution in [0.25, 0.3) is 0 Å². The zero-order valence-electron chi connectivity index (χ0n) is 12.5. The van der Waals surface area contributed by atoms with E-state index in [1.54, 1.807) is 7.11 Å². The van der Waals surface area contributed by atoms with Crippen molar-refractivity contribution in [2.24, 2.45) is 0 Å². The molecule has 0 aromatic heterocycles. The molecule has 0 radical (unpaired) electrons. The average molecular weight is 280 g/mol. The van der Waals surface area contributed by atoms with Gasteiger partial charge in [-0.15, -0.1) is 0 Å². The van der Waals surface area contributed by atoms with Crippen LogP contribution in [0.15, 0.2) is 42.5 Å². The molecule has 0 bridgehead atoms. The minimum absolute atomic E-state index is 0.715. The lowest BCUT2D eigenvalue weighted by atomic mass is 10.1. The number of ether oxygens (including phenoxy) is 1. The number of hydrogen-bond acceptors (Lipinski definition) is 3. The number of hydrogen-bond donors (Lipinski definition) is 1. The van der Waals surface area contributed by atoms with E-state index in [9.17, 15) is 0 Å². The molecule has 2 aromatic rings. The molecule has 3 nitrogen and oxygen atoms in total. The van der Waals surface area contributed by atoms with Crippen LogP contribution in [0.5, 0.6) is 5.75 Å². The number of rotatable bonds is 6. The first-order chi connectivity index (χ1) is 10.2. The summed E-state index contributed by atoms with van der Waals surface area (Å²) in [6, 6.07) is 16.1. The minimum atomic E-state index is 0.715. The fourth-order valence-electron chi connectivity index (χ4n) is 2.25. The van der Waals surface area contributed by atoms with Crippen molar-refractivity contribution in [1.82, 2.24) is 5.32 Å². The van der Waals surface area contributed by atoms with Gasteiger partial charge in [0.1, 0.15) is 5.75 Å². The Bertz CT molecular complexity index is 644. The van der Waals surface area contributed by atoms with E-state index in [0.29, 0.717) is 5.56 Å². The third kappa shape index (κ3) is 4.34. The first kappa shape index (κ1) is 15.1. The zero-order chi connectivity index (χ0) is 15.1. The first-order valence-corrected chi connectivity index (χ1v) is 7.06. The Balaban J connectivity index is 1.83. The van der Waals surface area contributed by atoms with Crippen LogP contribution < -0.4 is 10.1 Å². The van der Waals surface area contributed by atoms with Crippen molar-refractivity contribution in [3.05, 3.63) is 64.7 Å². The second-order valence-corrected chi connectivity index (χ2v) is 5.03. The maximum absolute atomic E-state index is 8.86. The normalized spacial score (nSPS) is 10.1. The van der Waals surface area contributed by atoms with Gasteiger partial charge in [-0.05, 0) is 60.8 Å². The summed E-state index contributed by atoms with van der Waals surface area (Å²) in [6.07, 6.45) is 0.965. The second-order valence-electron chi connectivity index (χ2n) is 5.03. The molecular formula is C18H20N2O. The Morgan fingerprint density at radius 3 is 2.76 bits per heavy atom. The van der Waals surface area contributed by atoms with E-state index >= 15 is 0 Å². The molecule has 21 heavy (non-hydrogen) atoms. The van der Waals surface area contributed by atoms with Crippen molar-refractivity contribution in [2.45, 2.75) is 19.9 Å². The summed E-state index contributed by atoms with van der Waals surface area (Å²) in [4.78, 5) is 0. The number of aryl methyl sites for hydroxylation is 1. The van der Waals surface area contributed by atoms with E-state index in [0.717, 1.165) is 30.8 Å². The van der Waals surface area contributed by atoms with Gasteiger partial charge in [-0.3, -0.25) is 0 Å². The molecule has 108 valence electrons. The van der Waals surface area contributed by atoms with Crippen LogP contribution in [0.2, 0.25) is 0 Å². The average Bonchev–Trinajstić information content (AvgIpc) is 2.52. The van der Waals surface area contributed by atoms with Crippen LogP contribution in [0, 0.1) is 18.3 Å². The number of methoxy groups -OCH3 is 1. The van der Waals surface area contributed by atoms with Crippen molar-refractivity contribution in [1.29, 1.82) is 5.26 Å². The number of nitriles is 1. The van der Waals surface area contributed by atoms with Crippen LogP contribution >= 0.6 is 0 Å². The summed E-state index contributed by atoms with van der Waals surface area (Å²) in [5.74, 6) is 0.899. The SMILES string of the molecule is COc1cccc(CCNCc2ccc(C#N)cc2C)c1. The van der Waals surface area contributed by atoms with Crippen molar-refractivity contribution in [3.63, 3.8) is 0 Å². The van der Waals surface area contributed by atoms with Gasteiger partial charge in [0.25, 0.3) is 0 Å². The van der Waals surface area contributed by atoms with Gasteiger partial charge >= 0.3 is 0 Å². The molecular weight excluding hydrogens is 260 g/mol. The molecule has 1 N–H and O–H groups in total. The van der Waals surface area contributed by atoms with E-state index in [2.05, 4.69) is 23.5 Å². The summed E-state index contributed by atoms with van der Waals surface area (Å²) in [5, 5.41) is 12.3. The quantitative estimate of drug-likeness (QED) is 0.826. The van der Waals surface area contributed by atoms with Crippen molar-refractivity contribution >= 4 is 0 Å². The molecule has 0 spiro atoms. The Labute approximate surface area is 126 Å². The molecule has 0 atom stereocenters. The van der Waals surface area contributed by atoms with Gasteiger partial charge in [0.05, 0.1) is 18.7 Å².